The summed E-state index contributed by atoms with van der Waals surface area (Å²) in [6.45, 7) is -0.195. The largest absolute Gasteiger partial charge is 0.508 e. The van der Waals surface area contributed by atoms with Crippen LogP contribution in [0, 0.1) is 0 Å². The fraction of sp³-hybridized carbons (Fsp3) is 0.0909. The van der Waals surface area contributed by atoms with Gasteiger partial charge < -0.3 is 10.2 Å². The van der Waals surface area contributed by atoms with Crippen LogP contribution in [0.4, 0.5) is 0 Å². The molecule has 0 fully saturated rings. The molecule has 4 nitrogen and oxygen atoms in total. The van der Waals surface area contributed by atoms with Crippen molar-refractivity contribution in [3.63, 3.8) is 0 Å². The maximum absolute atomic E-state index is 9.39. The normalized spacial score (nSPS) is 10.2. The Morgan fingerprint density at radius 2 is 2.07 bits per heavy atom. The molecule has 4 heteroatoms. The molecule has 0 unspecified atom stereocenters. The minimum Gasteiger partial charge on any atom is -0.508 e. The van der Waals surface area contributed by atoms with E-state index in [1.165, 1.54) is 6.07 Å². The van der Waals surface area contributed by atoms with Crippen LogP contribution in [0.25, 0.3) is 11.3 Å². The van der Waals surface area contributed by atoms with E-state index >= 15 is 0 Å². The summed E-state index contributed by atoms with van der Waals surface area (Å²) in [6, 6.07) is 4.97. The van der Waals surface area contributed by atoms with Crippen LogP contribution in [0.1, 0.15) is 5.56 Å². The number of phenols is 1. The van der Waals surface area contributed by atoms with Gasteiger partial charge in [-0.3, -0.25) is 9.97 Å². The van der Waals surface area contributed by atoms with E-state index in [-0.39, 0.29) is 12.4 Å². The number of rotatable bonds is 2. The highest BCUT2D eigenvalue weighted by atomic mass is 16.3. The topological polar surface area (TPSA) is 66.2 Å². The molecule has 0 atom stereocenters. The van der Waals surface area contributed by atoms with Crippen LogP contribution in [-0.2, 0) is 6.61 Å². The van der Waals surface area contributed by atoms with E-state index in [1.54, 1.807) is 30.7 Å². The standard InChI is InChI=1S/C11H10N2O2/c14-7-9-5-8(1-2-11(9)15)10-6-12-3-4-13-10/h1-6,14-15H,7H2. The Hall–Kier alpha value is -1.94. The minimum absolute atomic E-state index is 0.0881. The lowest BCUT2D eigenvalue weighted by Crippen LogP contribution is -1.88. The lowest BCUT2D eigenvalue weighted by Gasteiger charge is -2.04. The van der Waals surface area contributed by atoms with Crippen molar-refractivity contribution in [2.75, 3.05) is 0 Å². The summed E-state index contributed by atoms with van der Waals surface area (Å²) >= 11 is 0. The van der Waals surface area contributed by atoms with Gasteiger partial charge in [-0.2, -0.15) is 0 Å². The number of aliphatic hydroxyl groups is 1. The van der Waals surface area contributed by atoms with Gasteiger partial charge in [-0.15, -0.1) is 0 Å². The summed E-state index contributed by atoms with van der Waals surface area (Å²) in [7, 11) is 0. The zero-order valence-electron chi connectivity index (χ0n) is 7.96. The zero-order valence-corrected chi connectivity index (χ0v) is 7.96. The van der Waals surface area contributed by atoms with Gasteiger partial charge in [0.2, 0.25) is 0 Å². The van der Waals surface area contributed by atoms with Gasteiger partial charge in [0.25, 0.3) is 0 Å². The van der Waals surface area contributed by atoms with Gasteiger partial charge in [-0.25, -0.2) is 0 Å². The lowest BCUT2D eigenvalue weighted by atomic mass is 10.1. The quantitative estimate of drug-likeness (QED) is 0.771. The number of aromatic nitrogens is 2. The highest BCUT2D eigenvalue weighted by Crippen LogP contribution is 2.23. The van der Waals surface area contributed by atoms with Gasteiger partial charge in [-0.1, -0.05) is 0 Å². The molecule has 0 aliphatic heterocycles. The predicted octanol–water partition coefficient (Wildman–Crippen LogP) is 1.34. The second kappa shape index (κ2) is 4.06. The molecule has 0 aliphatic carbocycles. The summed E-state index contributed by atoms with van der Waals surface area (Å²) in [5.74, 6) is 0.0881. The van der Waals surface area contributed by atoms with Crippen molar-refractivity contribution in [2.45, 2.75) is 6.61 Å². The summed E-state index contributed by atoms with van der Waals surface area (Å²) < 4.78 is 0. The number of nitrogens with zero attached hydrogens (tertiary/aromatic N) is 2. The van der Waals surface area contributed by atoms with Crippen LogP contribution in [0.15, 0.2) is 36.8 Å². The van der Waals surface area contributed by atoms with Crippen molar-refractivity contribution in [1.82, 2.24) is 9.97 Å². The predicted molar refractivity (Wildman–Crippen MR) is 55.1 cm³/mol. The molecule has 0 amide bonds. The van der Waals surface area contributed by atoms with E-state index in [2.05, 4.69) is 9.97 Å². The third kappa shape index (κ3) is 1.94. The molecule has 1 aromatic carbocycles. The van der Waals surface area contributed by atoms with E-state index < -0.39 is 0 Å². The van der Waals surface area contributed by atoms with Crippen LogP contribution < -0.4 is 0 Å². The Labute approximate surface area is 86.9 Å². The fourth-order valence-electron chi connectivity index (χ4n) is 1.32. The molecule has 0 spiro atoms. The van der Waals surface area contributed by atoms with Crippen LogP contribution in [0.3, 0.4) is 0 Å². The van der Waals surface area contributed by atoms with Gasteiger partial charge in [0.1, 0.15) is 5.75 Å². The van der Waals surface area contributed by atoms with Crippen LogP contribution in [0.2, 0.25) is 0 Å². The first-order valence-electron chi connectivity index (χ1n) is 4.50. The van der Waals surface area contributed by atoms with Gasteiger partial charge >= 0.3 is 0 Å². The lowest BCUT2D eigenvalue weighted by molar-refractivity contribution is 0.275. The first kappa shape index (κ1) is 9.61. The molecule has 1 aromatic heterocycles. The highest BCUT2D eigenvalue weighted by Gasteiger charge is 2.04. The molecule has 2 aromatic rings. The van der Waals surface area contributed by atoms with Gasteiger partial charge in [0.05, 0.1) is 18.5 Å². The molecule has 0 aliphatic rings. The maximum Gasteiger partial charge on any atom is 0.121 e. The second-order valence-electron chi connectivity index (χ2n) is 3.09. The first-order valence-corrected chi connectivity index (χ1v) is 4.50. The number of aliphatic hydroxyl groups excluding tert-OH is 1. The molecule has 0 radical (unpaired) electrons. The first-order chi connectivity index (χ1) is 7.31. The number of benzene rings is 1. The third-order valence-electron chi connectivity index (χ3n) is 2.11. The van der Waals surface area contributed by atoms with Crippen molar-refractivity contribution in [3.05, 3.63) is 42.4 Å². The van der Waals surface area contributed by atoms with E-state index in [0.29, 0.717) is 11.3 Å². The van der Waals surface area contributed by atoms with E-state index in [1.807, 2.05) is 0 Å². The van der Waals surface area contributed by atoms with Crippen LogP contribution >= 0.6 is 0 Å². The van der Waals surface area contributed by atoms with Gasteiger partial charge in [-0.05, 0) is 18.2 Å². The Bertz CT molecular complexity index is 457. The number of aromatic hydroxyl groups is 1. The highest BCUT2D eigenvalue weighted by molar-refractivity contribution is 5.60. The summed E-state index contributed by atoms with van der Waals surface area (Å²) in [5, 5.41) is 18.4. The second-order valence-corrected chi connectivity index (χ2v) is 3.09. The average molecular weight is 202 g/mol. The van der Waals surface area contributed by atoms with Crippen LogP contribution in [-0.4, -0.2) is 20.2 Å². The van der Waals surface area contributed by atoms with E-state index in [9.17, 15) is 5.11 Å². The van der Waals surface area contributed by atoms with Gasteiger partial charge in [0.15, 0.2) is 0 Å². The molecular formula is C11H10N2O2. The monoisotopic (exact) mass is 202 g/mol. The van der Waals surface area contributed by atoms with E-state index in [4.69, 9.17) is 5.11 Å². The Morgan fingerprint density at radius 1 is 1.20 bits per heavy atom. The fourth-order valence-corrected chi connectivity index (χ4v) is 1.32. The van der Waals surface area contributed by atoms with Crippen molar-refractivity contribution in [2.24, 2.45) is 0 Å². The molecule has 15 heavy (non-hydrogen) atoms. The van der Waals surface area contributed by atoms with Crippen molar-refractivity contribution in [1.29, 1.82) is 0 Å². The van der Waals surface area contributed by atoms with E-state index in [0.717, 1.165) is 5.56 Å². The zero-order chi connectivity index (χ0) is 10.7. The summed E-state index contributed by atoms with van der Waals surface area (Å²) in [4.78, 5) is 8.08. The minimum atomic E-state index is -0.195. The molecule has 2 N–H and O–H groups in total. The molecular weight excluding hydrogens is 192 g/mol. The molecule has 0 bridgehead atoms. The average Bonchev–Trinajstić information content (AvgIpc) is 2.31. The van der Waals surface area contributed by atoms with Crippen LogP contribution in [0.5, 0.6) is 5.75 Å². The smallest absolute Gasteiger partial charge is 0.121 e. The molecule has 0 saturated carbocycles. The van der Waals surface area contributed by atoms with Crippen molar-refractivity contribution in [3.8, 4) is 17.0 Å². The summed E-state index contributed by atoms with van der Waals surface area (Å²) in [6.07, 6.45) is 4.82. The number of hydrogen-bond donors (Lipinski definition) is 2. The summed E-state index contributed by atoms with van der Waals surface area (Å²) in [5.41, 5.74) is 2.02. The molecule has 2 rings (SSSR count). The van der Waals surface area contributed by atoms with Crippen molar-refractivity contribution >= 4 is 0 Å². The van der Waals surface area contributed by atoms with Gasteiger partial charge in [0, 0.05) is 23.5 Å². The molecule has 0 saturated heterocycles. The Balaban J connectivity index is 2.46. The SMILES string of the molecule is OCc1cc(-c2cnccn2)ccc1O. The molecule has 1 heterocycles. The molecule has 76 valence electrons. The Morgan fingerprint density at radius 3 is 2.73 bits per heavy atom. The Kier molecular flexibility index (Phi) is 2.60. The number of hydrogen-bond acceptors (Lipinski definition) is 4. The third-order valence-corrected chi connectivity index (χ3v) is 2.11. The maximum atomic E-state index is 9.39. The van der Waals surface area contributed by atoms with Crippen molar-refractivity contribution < 1.29 is 10.2 Å².